The van der Waals surface area contributed by atoms with Crippen molar-refractivity contribution in [2.75, 3.05) is 4.90 Å². The summed E-state index contributed by atoms with van der Waals surface area (Å²) in [5.74, 6) is -1.37. The summed E-state index contributed by atoms with van der Waals surface area (Å²) in [5.41, 5.74) is 5.27. The summed E-state index contributed by atoms with van der Waals surface area (Å²) in [6.45, 7) is 0.250. The molecule has 35 heavy (non-hydrogen) atoms. The molecule has 1 saturated heterocycles. The van der Waals surface area contributed by atoms with Gasteiger partial charge in [-0.3, -0.25) is 19.8 Å². The Morgan fingerprint density at radius 1 is 0.971 bits per heavy atom. The molecule has 0 spiro atoms. The van der Waals surface area contributed by atoms with Gasteiger partial charge in [0.15, 0.2) is 4.32 Å². The second kappa shape index (κ2) is 9.58. The maximum absolute atomic E-state index is 13.6. The van der Waals surface area contributed by atoms with Crippen LogP contribution in [0.1, 0.15) is 21.5 Å². The van der Waals surface area contributed by atoms with Gasteiger partial charge in [0.25, 0.3) is 17.7 Å². The van der Waals surface area contributed by atoms with E-state index in [0.29, 0.717) is 21.8 Å². The molecule has 174 valence electrons. The second-order valence-electron chi connectivity index (χ2n) is 7.66. The van der Waals surface area contributed by atoms with Gasteiger partial charge in [-0.15, -0.1) is 0 Å². The van der Waals surface area contributed by atoms with Gasteiger partial charge in [0.05, 0.1) is 22.7 Å². The number of amides is 3. The minimum atomic E-state index is -0.553. The lowest BCUT2D eigenvalue weighted by molar-refractivity contribution is -0.124. The Morgan fingerprint density at radius 2 is 1.66 bits per heavy atom. The van der Waals surface area contributed by atoms with E-state index in [1.807, 2.05) is 30.3 Å². The number of carbonyl (C=O) groups excluding carboxylic acids is 3. The zero-order valence-corrected chi connectivity index (χ0v) is 21.8. The first kappa shape index (κ1) is 23.7. The number of anilines is 1. The lowest BCUT2D eigenvalue weighted by atomic mass is 10.1. The molecule has 2 heterocycles. The minimum Gasteiger partial charge on any atom is -0.303 e. The van der Waals surface area contributed by atoms with E-state index in [1.165, 1.54) is 0 Å². The number of rotatable bonds is 4. The Hall–Kier alpha value is -2.98. The Balaban J connectivity index is 1.48. The zero-order valence-electron chi connectivity index (χ0n) is 17.8. The fourth-order valence-corrected chi connectivity index (χ4v) is 5.55. The molecule has 1 fully saturated rings. The Labute approximate surface area is 224 Å². The van der Waals surface area contributed by atoms with Gasteiger partial charge < -0.3 is 4.90 Å². The van der Waals surface area contributed by atoms with Crippen LogP contribution in [0.5, 0.6) is 0 Å². The number of nitrogens with zero attached hydrogens (tertiary/aromatic N) is 2. The molecule has 6 nitrogen and oxygen atoms in total. The van der Waals surface area contributed by atoms with Crippen LogP contribution in [0.3, 0.4) is 0 Å². The van der Waals surface area contributed by atoms with Crippen molar-refractivity contribution in [1.29, 1.82) is 0 Å². The van der Waals surface area contributed by atoms with E-state index in [4.69, 9.17) is 23.8 Å². The van der Waals surface area contributed by atoms with E-state index in [2.05, 4.69) is 21.4 Å². The summed E-state index contributed by atoms with van der Waals surface area (Å²) in [6.07, 6.45) is 0. The van der Waals surface area contributed by atoms with Crippen molar-refractivity contribution in [2.45, 2.75) is 6.54 Å². The molecule has 0 unspecified atom stereocenters. The molecule has 5 rings (SSSR count). The molecule has 1 N–H and O–H groups in total. The van der Waals surface area contributed by atoms with Gasteiger partial charge in [0, 0.05) is 20.6 Å². The lowest BCUT2D eigenvalue weighted by Gasteiger charge is -2.18. The van der Waals surface area contributed by atoms with Crippen molar-refractivity contribution in [3.05, 3.63) is 104 Å². The first-order chi connectivity index (χ1) is 16.8. The van der Waals surface area contributed by atoms with Crippen molar-refractivity contribution in [2.24, 2.45) is 0 Å². The van der Waals surface area contributed by atoms with E-state index in [-0.39, 0.29) is 27.3 Å². The van der Waals surface area contributed by atoms with Crippen molar-refractivity contribution in [3.63, 3.8) is 0 Å². The van der Waals surface area contributed by atoms with Crippen LogP contribution in [0.25, 0.3) is 5.57 Å². The van der Waals surface area contributed by atoms with E-state index in [9.17, 15) is 14.4 Å². The molecule has 2 aliphatic heterocycles. The standard InChI is InChI=1S/C25H15BrClN3O3S2/c26-16-11-9-14(10-12-16)22(31)28-30-24(33)21(35-25(30)34)20-17-6-2-4-8-19(17)29(23(20)32)13-15-5-1-3-7-18(15)27/h1-12H,13H2,(H,28,31)/b21-20-. The number of nitrogens with one attached hydrogen (secondary N) is 1. The molecule has 0 bridgehead atoms. The average Bonchev–Trinajstić information content (AvgIpc) is 3.28. The van der Waals surface area contributed by atoms with Crippen molar-refractivity contribution >= 4 is 84.8 Å². The molecule has 0 aromatic heterocycles. The number of carbonyl (C=O) groups is 3. The fraction of sp³-hybridized carbons (Fsp3) is 0.0400. The highest BCUT2D eigenvalue weighted by Crippen LogP contribution is 2.44. The first-order valence-corrected chi connectivity index (χ1v) is 12.8. The molecule has 3 aromatic rings. The molecular weight excluding hydrogens is 570 g/mol. The molecular formula is C25H15BrClN3O3S2. The molecule has 0 aliphatic carbocycles. The van der Waals surface area contributed by atoms with Crippen LogP contribution in [0.15, 0.2) is 82.2 Å². The number of halogens is 2. The van der Waals surface area contributed by atoms with Gasteiger partial charge in [0.1, 0.15) is 0 Å². The third-order valence-corrected chi connectivity index (χ3v) is 7.80. The van der Waals surface area contributed by atoms with Crippen LogP contribution in [0.2, 0.25) is 5.02 Å². The van der Waals surface area contributed by atoms with Crippen molar-refractivity contribution < 1.29 is 14.4 Å². The summed E-state index contributed by atoms with van der Waals surface area (Å²) in [6, 6.07) is 21.3. The highest BCUT2D eigenvalue weighted by atomic mass is 79.9. The number of thioether (sulfide) groups is 1. The summed E-state index contributed by atoms with van der Waals surface area (Å²) >= 11 is 16.0. The summed E-state index contributed by atoms with van der Waals surface area (Å²) in [5, 5.41) is 1.56. The molecule has 2 aliphatic rings. The predicted octanol–water partition coefficient (Wildman–Crippen LogP) is 5.57. The third-order valence-electron chi connectivity index (χ3n) is 5.53. The number of para-hydroxylation sites is 1. The second-order valence-corrected chi connectivity index (χ2v) is 10.6. The van der Waals surface area contributed by atoms with Crippen molar-refractivity contribution in [1.82, 2.24) is 10.4 Å². The van der Waals surface area contributed by atoms with Crippen LogP contribution >= 0.6 is 51.5 Å². The maximum atomic E-state index is 13.6. The van der Waals surface area contributed by atoms with Gasteiger partial charge in [-0.1, -0.05) is 75.7 Å². The minimum absolute atomic E-state index is 0.137. The third kappa shape index (κ3) is 4.40. The normalized spacial score (nSPS) is 17.3. The zero-order chi connectivity index (χ0) is 24.7. The Kier molecular flexibility index (Phi) is 6.50. The van der Waals surface area contributed by atoms with Crippen LogP contribution in [-0.2, 0) is 16.1 Å². The molecule has 3 aromatic carbocycles. The van der Waals surface area contributed by atoms with Crippen LogP contribution < -0.4 is 10.3 Å². The highest BCUT2D eigenvalue weighted by Gasteiger charge is 2.42. The number of fused-ring (bicyclic) bond motifs is 1. The highest BCUT2D eigenvalue weighted by molar-refractivity contribution is 9.10. The predicted molar refractivity (Wildman–Crippen MR) is 145 cm³/mol. The molecule has 10 heteroatoms. The fourth-order valence-electron chi connectivity index (χ4n) is 3.84. The maximum Gasteiger partial charge on any atom is 0.286 e. The summed E-state index contributed by atoms with van der Waals surface area (Å²) < 4.78 is 0.960. The van der Waals surface area contributed by atoms with Crippen molar-refractivity contribution in [3.8, 4) is 0 Å². The number of hydrazine groups is 1. The number of hydrogen-bond acceptors (Lipinski definition) is 5. The van der Waals surface area contributed by atoms with Gasteiger partial charge in [0.2, 0.25) is 0 Å². The van der Waals surface area contributed by atoms with Gasteiger partial charge in [-0.2, -0.15) is 5.01 Å². The summed E-state index contributed by atoms with van der Waals surface area (Å²) in [4.78, 5) is 41.4. The average molecular weight is 585 g/mol. The Morgan fingerprint density at radius 3 is 2.40 bits per heavy atom. The molecule has 0 saturated carbocycles. The van der Waals surface area contributed by atoms with Gasteiger partial charge in [-0.25, -0.2) is 0 Å². The monoisotopic (exact) mass is 583 g/mol. The number of thiocarbonyl (C=S) groups is 1. The smallest absolute Gasteiger partial charge is 0.286 e. The van der Waals surface area contributed by atoms with E-state index in [0.717, 1.165) is 26.8 Å². The van der Waals surface area contributed by atoms with Crippen LogP contribution in [-0.4, -0.2) is 27.1 Å². The Bertz CT molecular complexity index is 1440. The van der Waals surface area contributed by atoms with E-state index >= 15 is 0 Å². The molecule has 0 radical (unpaired) electrons. The largest absolute Gasteiger partial charge is 0.303 e. The molecule has 3 amide bonds. The summed E-state index contributed by atoms with van der Waals surface area (Å²) in [7, 11) is 0. The SMILES string of the molecule is O=C(NN1C(=O)/C(=C2/C(=O)N(Cc3ccccc3Cl)c3ccccc32)SC1=S)c1ccc(Br)cc1. The van der Waals surface area contributed by atoms with Gasteiger partial charge in [-0.05, 0) is 54.2 Å². The molecule has 0 atom stereocenters. The van der Waals surface area contributed by atoms with Gasteiger partial charge >= 0.3 is 0 Å². The van der Waals surface area contributed by atoms with Crippen LogP contribution in [0.4, 0.5) is 5.69 Å². The first-order valence-electron chi connectivity index (χ1n) is 10.4. The topological polar surface area (TPSA) is 69.7 Å². The van der Waals surface area contributed by atoms with E-state index < -0.39 is 11.8 Å². The quantitative estimate of drug-likeness (QED) is 0.321. The number of hydrogen-bond donors (Lipinski definition) is 1. The lowest BCUT2D eigenvalue weighted by Crippen LogP contribution is -2.45. The van der Waals surface area contributed by atoms with E-state index in [1.54, 1.807) is 47.4 Å². The van der Waals surface area contributed by atoms with Crippen LogP contribution in [0, 0.1) is 0 Å². The number of benzene rings is 3.